The molecule has 0 atom stereocenters. The first-order chi connectivity index (χ1) is 6.48. The normalized spacial score (nSPS) is 48.2. The van der Waals surface area contributed by atoms with Gasteiger partial charge in [0.1, 0.15) is 0 Å². The molecule has 0 aromatic heterocycles. The van der Waals surface area contributed by atoms with E-state index >= 15 is 0 Å². The van der Waals surface area contributed by atoms with E-state index in [1.807, 2.05) is 0 Å². The zero-order valence-corrected chi connectivity index (χ0v) is 10.4. The van der Waals surface area contributed by atoms with Gasteiger partial charge in [-0.3, -0.25) is 0 Å². The molecule has 0 N–H and O–H groups in total. The molecule has 2 rings (SSSR count). The Balaban J connectivity index is 2.32. The van der Waals surface area contributed by atoms with E-state index in [1.54, 1.807) is 0 Å². The second-order valence-corrected chi connectivity index (χ2v) is 6.74. The van der Waals surface area contributed by atoms with Gasteiger partial charge < -0.3 is 0 Å². The summed E-state index contributed by atoms with van der Waals surface area (Å²) in [6, 6.07) is 0. The van der Waals surface area contributed by atoms with Crippen LogP contribution in [0.3, 0.4) is 0 Å². The largest absolute Gasteiger partial charge is 0.0625 e. The van der Waals surface area contributed by atoms with Crippen molar-refractivity contribution in [2.45, 2.75) is 66.2 Å². The molecule has 0 saturated heterocycles. The molecule has 0 heterocycles. The lowest BCUT2D eigenvalue weighted by molar-refractivity contribution is -0.0827. The highest BCUT2D eigenvalue weighted by Crippen LogP contribution is 2.61. The molecule has 0 amide bonds. The topological polar surface area (TPSA) is 0 Å². The molecule has 0 radical (unpaired) electrons. The molecule has 0 unspecified atom stereocenters. The van der Waals surface area contributed by atoms with Crippen molar-refractivity contribution >= 4 is 0 Å². The zero-order chi connectivity index (χ0) is 10.4. The Labute approximate surface area is 89.5 Å². The summed E-state index contributed by atoms with van der Waals surface area (Å²) in [5.41, 5.74) is 1.36. The standard InChI is InChI=1S/C14H26/c1-11(2)12-13(3)7-5-9-14(12,4)10-6-8-13/h11-12H,5-10H2,1-4H3. The van der Waals surface area contributed by atoms with Crippen molar-refractivity contribution < 1.29 is 0 Å². The molecule has 0 aromatic rings. The monoisotopic (exact) mass is 194 g/mol. The van der Waals surface area contributed by atoms with Gasteiger partial charge in [-0.1, -0.05) is 40.5 Å². The van der Waals surface area contributed by atoms with Gasteiger partial charge in [0.15, 0.2) is 0 Å². The highest BCUT2D eigenvalue weighted by Gasteiger charge is 2.51. The maximum atomic E-state index is 2.56. The van der Waals surface area contributed by atoms with E-state index in [4.69, 9.17) is 0 Å². The number of hydrogen-bond donors (Lipinski definition) is 0. The van der Waals surface area contributed by atoms with Gasteiger partial charge in [0.05, 0.1) is 0 Å². The van der Waals surface area contributed by atoms with Crippen molar-refractivity contribution in [3.8, 4) is 0 Å². The van der Waals surface area contributed by atoms with Gasteiger partial charge in [-0.2, -0.15) is 0 Å². The van der Waals surface area contributed by atoms with Crippen molar-refractivity contribution in [3.05, 3.63) is 0 Å². The fraction of sp³-hybridized carbons (Fsp3) is 1.00. The van der Waals surface area contributed by atoms with Crippen LogP contribution < -0.4 is 0 Å². The van der Waals surface area contributed by atoms with Crippen molar-refractivity contribution in [2.24, 2.45) is 22.7 Å². The average molecular weight is 194 g/mol. The molecule has 0 nitrogen and oxygen atoms in total. The lowest BCUT2D eigenvalue weighted by Gasteiger charge is -2.58. The van der Waals surface area contributed by atoms with Crippen LogP contribution in [0.5, 0.6) is 0 Å². The molecule has 0 aliphatic heterocycles. The van der Waals surface area contributed by atoms with E-state index in [0.717, 1.165) is 11.8 Å². The van der Waals surface area contributed by atoms with Crippen LogP contribution in [-0.4, -0.2) is 0 Å². The summed E-state index contributed by atoms with van der Waals surface area (Å²) < 4.78 is 0. The van der Waals surface area contributed by atoms with Crippen molar-refractivity contribution in [3.63, 3.8) is 0 Å². The van der Waals surface area contributed by atoms with E-state index in [9.17, 15) is 0 Å². The summed E-state index contributed by atoms with van der Waals surface area (Å²) in [6.07, 6.45) is 8.93. The van der Waals surface area contributed by atoms with Gasteiger partial charge in [-0.15, -0.1) is 0 Å². The van der Waals surface area contributed by atoms with Crippen LogP contribution in [0.2, 0.25) is 0 Å². The Kier molecular flexibility index (Phi) is 2.44. The van der Waals surface area contributed by atoms with E-state index in [-0.39, 0.29) is 0 Å². The maximum absolute atomic E-state index is 2.56. The third-order valence-electron chi connectivity index (χ3n) is 5.16. The number of fused-ring (bicyclic) bond motifs is 2. The summed E-state index contributed by atoms with van der Waals surface area (Å²) >= 11 is 0. The first kappa shape index (κ1) is 10.5. The summed E-state index contributed by atoms with van der Waals surface area (Å²) in [7, 11) is 0. The van der Waals surface area contributed by atoms with Gasteiger partial charge >= 0.3 is 0 Å². The quantitative estimate of drug-likeness (QED) is 0.570. The molecule has 0 spiro atoms. The Morgan fingerprint density at radius 2 is 1.21 bits per heavy atom. The second kappa shape index (κ2) is 3.25. The van der Waals surface area contributed by atoms with Gasteiger partial charge in [0.25, 0.3) is 0 Å². The van der Waals surface area contributed by atoms with Gasteiger partial charge in [-0.05, 0) is 48.3 Å². The summed E-state index contributed by atoms with van der Waals surface area (Å²) in [5.74, 6) is 1.86. The third kappa shape index (κ3) is 1.42. The predicted octanol–water partition coefficient (Wildman–Crippen LogP) is 4.64. The van der Waals surface area contributed by atoms with Crippen molar-refractivity contribution in [1.29, 1.82) is 0 Å². The van der Waals surface area contributed by atoms with E-state index in [2.05, 4.69) is 27.7 Å². The Hall–Kier alpha value is 0. The van der Waals surface area contributed by atoms with Crippen LogP contribution in [-0.2, 0) is 0 Å². The highest BCUT2D eigenvalue weighted by molar-refractivity contribution is 5.01. The highest BCUT2D eigenvalue weighted by atomic mass is 14.6. The van der Waals surface area contributed by atoms with E-state index < -0.39 is 0 Å². The molecule has 82 valence electrons. The molecular formula is C14H26. The maximum Gasteiger partial charge on any atom is -0.0283 e. The van der Waals surface area contributed by atoms with Crippen molar-refractivity contribution in [2.75, 3.05) is 0 Å². The Morgan fingerprint density at radius 3 is 1.43 bits per heavy atom. The SMILES string of the molecule is CC(C)C1C2(C)CCCC1(C)CCC2. The minimum Gasteiger partial charge on any atom is -0.0625 e. The van der Waals surface area contributed by atoms with E-state index in [0.29, 0.717) is 10.8 Å². The molecule has 14 heavy (non-hydrogen) atoms. The van der Waals surface area contributed by atoms with Crippen LogP contribution >= 0.6 is 0 Å². The van der Waals surface area contributed by atoms with Crippen LogP contribution in [0.15, 0.2) is 0 Å². The first-order valence-electron chi connectivity index (χ1n) is 6.48. The molecule has 2 saturated carbocycles. The smallest absolute Gasteiger partial charge is 0.0283 e. The zero-order valence-electron chi connectivity index (χ0n) is 10.4. The fourth-order valence-electron chi connectivity index (χ4n) is 5.11. The predicted molar refractivity (Wildman–Crippen MR) is 62.2 cm³/mol. The Bertz CT molecular complexity index is 186. The number of rotatable bonds is 1. The fourth-order valence-corrected chi connectivity index (χ4v) is 5.11. The van der Waals surface area contributed by atoms with Crippen molar-refractivity contribution in [1.82, 2.24) is 0 Å². The second-order valence-electron chi connectivity index (χ2n) is 6.74. The summed E-state index contributed by atoms with van der Waals surface area (Å²) in [6.45, 7) is 10.0. The van der Waals surface area contributed by atoms with Crippen LogP contribution in [0, 0.1) is 22.7 Å². The van der Waals surface area contributed by atoms with Crippen LogP contribution in [0.4, 0.5) is 0 Å². The molecule has 2 bridgehead atoms. The van der Waals surface area contributed by atoms with Gasteiger partial charge in [0, 0.05) is 0 Å². The minimum atomic E-state index is 0.680. The molecule has 2 aliphatic rings. The van der Waals surface area contributed by atoms with E-state index in [1.165, 1.54) is 38.5 Å². The molecule has 2 fully saturated rings. The molecule has 0 heteroatoms. The minimum absolute atomic E-state index is 0.680. The van der Waals surface area contributed by atoms with Gasteiger partial charge in [-0.25, -0.2) is 0 Å². The number of hydrogen-bond acceptors (Lipinski definition) is 0. The Morgan fingerprint density at radius 1 is 0.857 bits per heavy atom. The van der Waals surface area contributed by atoms with Gasteiger partial charge in [0.2, 0.25) is 0 Å². The lowest BCUT2D eigenvalue weighted by Crippen LogP contribution is -2.49. The third-order valence-corrected chi connectivity index (χ3v) is 5.16. The molecular weight excluding hydrogens is 168 g/mol. The summed E-state index contributed by atoms with van der Waals surface area (Å²) in [5, 5.41) is 0. The molecule has 0 aromatic carbocycles. The summed E-state index contributed by atoms with van der Waals surface area (Å²) in [4.78, 5) is 0. The molecule has 2 aliphatic carbocycles. The van der Waals surface area contributed by atoms with Crippen LogP contribution in [0.25, 0.3) is 0 Å². The first-order valence-corrected chi connectivity index (χ1v) is 6.48. The lowest BCUT2D eigenvalue weighted by atomic mass is 9.47. The average Bonchev–Trinajstić information content (AvgIpc) is 1.99. The van der Waals surface area contributed by atoms with Crippen LogP contribution in [0.1, 0.15) is 66.2 Å².